The molecule has 28 heavy (non-hydrogen) atoms. The number of rotatable bonds is 5. The summed E-state index contributed by atoms with van der Waals surface area (Å²) in [7, 11) is 1.89. The molecule has 0 aliphatic carbocycles. The molecular formula is C20H23BrN4O3. The lowest BCUT2D eigenvalue weighted by atomic mass is 9.95. The SMILES string of the molecule is CNCCCC(=O)N1CCC(c2nc3c(oc4ccc(Br)cc43)c(=O)[nH]2)CC1. The van der Waals surface area contributed by atoms with Gasteiger partial charge < -0.3 is 19.6 Å². The number of furan rings is 1. The number of nitrogens with one attached hydrogen (secondary N) is 2. The number of hydrogen-bond donors (Lipinski definition) is 2. The highest BCUT2D eigenvalue weighted by molar-refractivity contribution is 9.10. The van der Waals surface area contributed by atoms with Crippen molar-refractivity contribution in [1.29, 1.82) is 0 Å². The Morgan fingerprint density at radius 1 is 1.39 bits per heavy atom. The first-order chi connectivity index (χ1) is 13.6. The molecule has 0 atom stereocenters. The molecule has 3 aromatic rings. The number of nitrogens with zero attached hydrogens (tertiary/aromatic N) is 2. The molecule has 2 aromatic heterocycles. The van der Waals surface area contributed by atoms with Crippen molar-refractivity contribution in [3.05, 3.63) is 38.9 Å². The Balaban J connectivity index is 1.54. The Hall–Kier alpha value is -2.19. The average molecular weight is 447 g/mol. The van der Waals surface area contributed by atoms with Gasteiger partial charge in [0.05, 0.1) is 0 Å². The van der Waals surface area contributed by atoms with Crippen LogP contribution in [0.1, 0.15) is 37.4 Å². The summed E-state index contributed by atoms with van der Waals surface area (Å²) >= 11 is 3.46. The summed E-state index contributed by atoms with van der Waals surface area (Å²) in [6.07, 6.45) is 3.02. The van der Waals surface area contributed by atoms with Crippen LogP contribution in [0.15, 0.2) is 31.9 Å². The van der Waals surface area contributed by atoms with Crippen LogP contribution >= 0.6 is 15.9 Å². The van der Waals surface area contributed by atoms with E-state index in [9.17, 15) is 9.59 Å². The minimum absolute atomic E-state index is 0.135. The molecule has 3 heterocycles. The third-order valence-electron chi connectivity index (χ3n) is 5.36. The lowest BCUT2D eigenvalue weighted by Gasteiger charge is -2.31. The minimum atomic E-state index is -0.252. The second-order valence-electron chi connectivity index (χ2n) is 7.23. The molecule has 0 unspecified atom stereocenters. The molecule has 1 aliphatic rings. The predicted molar refractivity (Wildman–Crippen MR) is 112 cm³/mol. The van der Waals surface area contributed by atoms with E-state index in [1.54, 1.807) is 0 Å². The van der Waals surface area contributed by atoms with E-state index in [-0.39, 0.29) is 23.0 Å². The zero-order valence-electron chi connectivity index (χ0n) is 15.8. The normalized spacial score (nSPS) is 15.6. The number of aromatic amines is 1. The monoisotopic (exact) mass is 446 g/mol. The van der Waals surface area contributed by atoms with Crippen molar-refractivity contribution in [1.82, 2.24) is 20.2 Å². The molecule has 1 fully saturated rings. The first-order valence-electron chi connectivity index (χ1n) is 9.61. The van der Waals surface area contributed by atoms with Gasteiger partial charge in [0.1, 0.15) is 16.9 Å². The fourth-order valence-electron chi connectivity index (χ4n) is 3.81. The van der Waals surface area contributed by atoms with E-state index in [1.807, 2.05) is 30.1 Å². The quantitative estimate of drug-likeness (QED) is 0.587. The smallest absolute Gasteiger partial charge is 0.294 e. The fourth-order valence-corrected chi connectivity index (χ4v) is 4.17. The maximum absolute atomic E-state index is 12.5. The molecule has 8 heteroatoms. The van der Waals surface area contributed by atoms with Gasteiger partial charge in [0, 0.05) is 35.3 Å². The van der Waals surface area contributed by atoms with Gasteiger partial charge in [-0.25, -0.2) is 4.98 Å². The number of fused-ring (bicyclic) bond motifs is 3. The summed E-state index contributed by atoms with van der Waals surface area (Å²) < 4.78 is 6.60. The minimum Gasteiger partial charge on any atom is -0.449 e. The number of amides is 1. The van der Waals surface area contributed by atoms with Crippen LogP contribution in [0, 0.1) is 0 Å². The van der Waals surface area contributed by atoms with E-state index in [0.29, 0.717) is 36.4 Å². The number of halogens is 1. The van der Waals surface area contributed by atoms with Crippen LogP contribution in [0.3, 0.4) is 0 Å². The van der Waals surface area contributed by atoms with Gasteiger partial charge in [0.25, 0.3) is 5.56 Å². The van der Waals surface area contributed by atoms with E-state index in [4.69, 9.17) is 9.40 Å². The molecule has 148 valence electrons. The largest absolute Gasteiger partial charge is 0.449 e. The van der Waals surface area contributed by atoms with Crippen LogP contribution in [0.2, 0.25) is 0 Å². The van der Waals surface area contributed by atoms with E-state index < -0.39 is 0 Å². The molecule has 1 aromatic carbocycles. The molecule has 1 saturated heterocycles. The second kappa shape index (κ2) is 8.05. The van der Waals surface area contributed by atoms with Crippen molar-refractivity contribution in [2.24, 2.45) is 0 Å². The highest BCUT2D eigenvalue weighted by Gasteiger charge is 2.26. The van der Waals surface area contributed by atoms with Crippen LogP contribution < -0.4 is 10.9 Å². The van der Waals surface area contributed by atoms with Gasteiger partial charge in [-0.15, -0.1) is 0 Å². The average Bonchev–Trinajstić information content (AvgIpc) is 3.07. The maximum Gasteiger partial charge on any atom is 0.294 e. The second-order valence-corrected chi connectivity index (χ2v) is 8.15. The number of hydrogen-bond acceptors (Lipinski definition) is 5. The third kappa shape index (κ3) is 3.71. The Morgan fingerprint density at radius 3 is 2.93 bits per heavy atom. The molecule has 4 rings (SSSR count). The number of piperidine rings is 1. The third-order valence-corrected chi connectivity index (χ3v) is 5.85. The Bertz CT molecular complexity index is 1070. The molecule has 0 saturated carbocycles. The van der Waals surface area contributed by atoms with E-state index in [2.05, 4.69) is 26.2 Å². The zero-order chi connectivity index (χ0) is 19.7. The van der Waals surface area contributed by atoms with Crippen LogP contribution in [0.4, 0.5) is 0 Å². The van der Waals surface area contributed by atoms with Gasteiger partial charge >= 0.3 is 0 Å². The van der Waals surface area contributed by atoms with E-state index in [1.165, 1.54) is 0 Å². The molecule has 1 aliphatic heterocycles. The van der Waals surface area contributed by atoms with Crippen molar-refractivity contribution in [3.8, 4) is 0 Å². The molecule has 1 amide bonds. The van der Waals surface area contributed by atoms with Crippen LogP contribution in [-0.4, -0.2) is 47.5 Å². The molecular weight excluding hydrogens is 424 g/mol. The highest BCUT2D eigenvalue weighted by atomic mass is 79.9. The van der Waals surface area contributed by atoms with Gasteiger partial charge in [0.15, 0.2) is 0 Å². The number of aromatic nitrogens is 2. The first kappa shape index (κ1) is 19.1. The first-order valence-corrected chi connectivity index (χ1v) is 10.4. The predicted octanol–water partition coefficient (Wildman–Crippen LogP) is 3.14. The summed E-state index contributed by atoms with van der Waals surface area (Å²) in [5.74, 6) is 1.02. The Labute approximate surface area is 170 Å². The number of likely N-dealkylation sites (tertiary alicyclic amines) is 1. The lowest BCUT2D eigenvalue weighted by molar-refractivity contribution is -0.132. The summed E-state index contributed by atoms with van der Waals surface area (Å²) in [5, 5.41) is 3.89. The highest BCUT2D eigenvalue weighted by Crippen LogP contribution is 2.30. The van der Waals surface area contributed by atoms with Crippen molar-refractivity contribution < 1.29 is 9.21 Å². The van der Waals surface area contributed by atoms with Crippen molar-refractivity contribution in [2.75, 3.05) is 26.7 Å². The topological polar surface area (TPSA) is 91.2 Å². The molecule has 7 nitrogen and oxygen atoms in total. The van der Waals surface area contributed by atoms with Crippen LogP contribution in [0.25, 0.3) is 22.1 Å². The maximum atomic E-state index is 12.5. The van der Waals surface area contributed by atoms with E-state index in [0.717, 1.165) is 35.7 Å². The van der Waals surface area contributed by atoms with Crippen molar-refractivity contribution in [2.45, 2.75) is 31.6 Å². The molecule has 0 radical (unpaired) electrons. The van der Waals surface area contributed by atoms with E-state index >= 15 is 0 Å². The number of H-pyrrole nitrogens is 1. The van der Waals surface area contributed by atoms with Gasteiger partial charge in [0.2, 0.25) is 11.5 Å². The zero-order valence-corrected chi connectivity index (χ0v) is 17.3. The van der Waals surface area contributed by atoms with Gasteiger partial charge in [-0.2, -0.15) is 0 Å². The molecule has 0 spiro atoms. The van der Waals surface area contributed by atoms with Crippen molar-refractivity contribution in [3.63, 3.8) is 0 Å². The summed E-state index contributed by atoms with van der Waals surface area (Å²) in [6, 6.07) is 5.63. The Kier molecular flexibility index (Phi) is 5.50. The number of carbonyl (C=O) groups excluding carboxylic acids is 1. The van der Waals surface area contributed by atoms with Crippen molar-refractivity contribution >= 4 is 43.9 Å². The summed E-state index contributed by atoms with van der Waals surface area (Å²) in [6.45, 7) is 2.24. The fraction of sp³-hybridized carbons (Fsp3) is 0.450. The summed E-state index contributed by atoms with van der Waals surface area (Å²) in [4.78, 5) is 34.4. The molecule has 2 N–H and O–H groups in total. The number of benzene rings is 1. The molecule has 0 bridgehead atoms. The standard InChI is InChI=1S/C20H23BrN4O3/c1-22-8-2-3-16(26)25-9-6-12(7-10-25)19-23-17-14-11-13(21)4-5-15(14)28-18(17)20(27)24-19/h4-5,11-12,22H,2-3,6-10H2,1H3,(H,23,24,27). The van der Waals surface area contributed by atoms with Gasteiger partial charge in [-0.1, -0.05) is 15.9 Å². The van der Waals surface area contributed by atoms with Gasteiger partial charge in [-0.05, 0) is 51.1 Å². The Morgan fingerprint density at radius 2 is 2.18 bits per heavy atom. The lowest BCUT2D eigenvalue weighted by Crippen LogP contribution is -2.38. The van der Waals surface area contributed by atoms with Gasteiger partial charge in [-0.3, -0.25) is 9.59 Å². The number of carbonyl (C=O) groups is 1. The van der Waals surface area contributed by atoms with Crippen LogP contribution in [-0.2, 0) is 4.79 Å². The summed E-state index contributed by atoms with van der Waals surface area (Å²) in [5.41, 5.74) is 1.25. The van der Waals surface area contributed by atoms with Crippen LogP contribution in [0.5, 0.6) is 0 Å².